The van der Waals surface area contributed by atoms with E-state index >= 15 is 4.39 Å². The SMILES string of the molecule is Cc1ncc(-c2cc(Cl)c(-c3cc4cnc(Nc5ccc(C6CCN(C)CC6)cc5)nc4n(C)c3=O)cc2F)s1. The van der Waals surface area contributed by atoms with E-state index in [0.717, 1.165) is 23.8 Å². The fourth-order valence-electron chi connectivity index (χ4n) is 5.24. The van der Waals surface area contributed by atoms with Crippen molar-refractivity contribution in [3.05, 3.63) is 86.6 Å². The lowest BCUT2D eigenvalue weighted by atomic mass is 9.89. The van der Waals surface area contributed by atoms with E-state index in [2.05, 4.69) is 44.3 Å². The summed E-state index contributed by atoms with van der Waals surface area (Å²) in [6.07, 6.45) is 5.61. The summed E-state index contributed by atoms with van der Waals surface area (Å²) in [5.41, 5.74) is 3.30. The lowest BCUT2D eigenvalue weighted by Crippen LogP contribution is -2.29. The van der Waals surface area contributed by atoms with Gasteiger partial charge in [0.2, 0.25) is 5.95 Å². The fraction of sp³-hybridized carbons (Fsp3) is 0.267. The number of pyridine rings is 1. The van der Waals surface area contributed by atoms with Gasteiger partial charge < -0.3 is 10.2 Å². The van der Waals surface area contributed by atoms with Gasteiger partial charge in [-0.1, -0.05) is 23.7 Å². The number of likely N-dealkylation sites (tertiary alicyclic amines) is 1. The zero-order valence-corrected chi connectivity index (χ0v) is 24.0. The zero-order chi connectivity index (χ0) is 28.0. The molecule has 1 saturated heterocycles. The second-order valence-electron chi connectivity index (χ2n) is 10.3. The summed E-state index contributed by atoms with van der Waals surface area (Å²) in [7, 11) is 3.81. The van der Waals surface area contributed by atoms with Crippen LogP contribution < -0.4 is 10.9 Å². The van der Waals surface area contributed by atoms with Crippen molar-refractivity contribution in [1.29, 1.82) is 0 Å². The Morgan fingerprint density at radius 1 is 1.00 bits per heavy atom. The lowest BCUT2D eigenvalue weighted by molar-refractivity contribution is 0.255. The molecule has 5 aromatic rings. The first-order valence-corrected chi connectivity index (χ1v) is 14.3. The first kappa shape index (κ1) is 26.6. The number of nitrogens with one attached hydrogen (secondary N) is 1. The van der Waals surface area contributed by atoms with Gasteiger partial charge in [-0.3, -0.25) is 9.36 Å². The standard InChI is InChI=1S/C30H28ClFN6OS/c1-17-33-16-27(40-17)24-13-25(31)22(14-26(24)32)23-12-20-15-34-30(36-28(20)38(3)29(23)39)35-21-6-4-18(5-7-21)19-8-10-37(2)11-9-19/h4-7,12-16,19H,8-11H2,1-3H3,(H,34,35,36). The van der Waals surface area contributed by atoms with Crippen molar-refractivity contribution in [1.82, 2.24) is 24.4 Å². The van der Waals surface area contributed by atoms with Crippen LogP contribution in [-0.4, -0.2) is 44.6 Å². The topological polar surface area (TPSA) is 75.9 Å². The van der Waals surface area contributed by atoms with Gasteiger partial charge in [-0.15, -0.1) is 11.3 Å². The second kappa shape index (κ2) is 10.7. The van der Waals surface area contributed by atoms with E-state index in [1.165, 1.54) is 40.4 Å². The highest BCUT2D eigenvalue weighted by Gasteiger charge is 2.19. The first-order chi connectivity index (χ1) is 19.3. The number of fused-ring (bicyclic) bond motifs is 1. The van der Waals surface area contributed by atoms with E-state index in [9.17, 15) is 4.79 Å². The Morgan fingerprint density at radius 3 is 2.45 bits per heavy atom. The monoisotopic (exact) mass is 574 g/mol. The Morgan fingerprint density at radius 2 is 1.75 bits per heavy atom. The third-order valence-electron chi connectivity index (χ3n) is 7.54. The van der Waals surface area contributed by atoms with Crippen molar-refractivity contribution in [3.8, 4) is 21.6 Å². The number of piperidine rings is 1. The van der Waals surface area contributed by atoms with Crippen LogP contribution in [0.2, 0.25) is 5.02 Å². The van der Waals surface area contributed by atoms with Crippen LogP contribution in [0.5, 0.6) is 0 Å². The van der Waals surface area contributed by atoms with Crippen LogP contribution in [0.25, 0.3) is 32.6 Å². The molecule has 0 spiro atoms. The van der Waals surface area contributed by atoms with Gasteiger partial charge in [-0.05, 0) is 81.7 Å². The number of benzene rings is 2. The zero-order valence-electron chi connectivity index (χ0n) is 22.4. The molecule has 0 aliphatic carbocycles. The van der Waals surface area contributed by atoms with Crippen molar-refractivity contribution in [2.75, 3.05) is 25.5 Å². The van der Waals surface area contributed by atoms with Gasteiger partial charge in [0.05, 0.1) is 9.88 Å². The Bertz CT molecular complexity index is 1780. The molecule has 2 aromatic carbocycles. The van der Waals surface area contributed by atoms with Gasteiger partial charge in [0.1, 0.15) is 11.5 Å². The largest absolute Gasteiger partial charge is 0.324 e. The average molecular weight is 575 g/mol. The number of halogens is 2. The molecule has 0 bridgehead atoms. The number of hydrogen-bond acceptors (Lipinski definition) is 7. The van der Waals surface area contributed by atoms with E-state index < -0.39 is 5.82 Å². The molecule has 0 radical (unpaired) electrons. The maximum atomic E-state index is 15.1. The quantitative estimate of drug-likeness (QED) is 0.249. The minimum absolute atomic E-state index is 0.278. The molecule has 6 rings (SSSR count). The summed E-state index contributed by atoms with van der Waals surface area (Å²) in [5, 5.41) is 4.99. The molecule has 0 unspecified atom stereocenters. The average Bonchev–Trinajstić information content (AvgIpc) is 3.39. The van der Waals surface area contributed by atoms with Gasteiger partial charge >= 0.3 is 0 Å². The minimum Gasteiger partial charge on any atom is -0.324 e. The second-order valence-corrected chi connectivity index (χ2v) is 11.9. The molecule has 0 amide bonds. The van der Waals surface area contributed by atoms with E-state index in [1.54, 1.807) is 31.6 Å². The number of aryl methyl sites for hydroxylation is 2. The Kier molecular flexibility index (Phi) is 7.12. The number of aromatic nitrogens is 4. The molecule has 0 atom stereocenters. The number of rotatable bonds is 5. The van der Waals surface area contributed by atoms with Gasteiger partial charge in [0.15, 0.2) is 0 Å². The van der Waals surface area contributed by atoms with Crippen LogP contribution in [0.4, 0.5) is 16.0 Å². The molecule has 4 heterocycles. The fourth-order valence-corrected chi connectivity index (χ4v) is 6.30. The minimum atomic E-state index is -0.470. The highest BCUT2D eigenvalue weighted by atomic mass is 35.5. The molecule has 40 heavy (non-hydrogen) atoms. The molecule has 1 N–H and O–H groups in total. The summed E-state index contributed by atoms with van der Waals surface area (Å²) >= 11 is 7.96. The number of anilines is 2. The molecule has 0 saturated carbocycles. The van der Waals surface area contributed by atoms with Crippen molar-refractivity contribution < 1.29 is 4.39 Å². The maximum Gasteiger partial charge on any atom is 0.259 e. The highest BCUT2D eigenvalue weighted by Crippen LogP contribution is 2.36. The van der Waals surface area contributed by atoms with Crippen molar-refractivity contribution in [2.45, 2.75) is 25.7 Å². The molecule has 10 heteroatoms. The van der Waals surface area contributed by atoms with Crippen LogP contribution in [0.3, 0.4) is 0 Å². The molecule has 1 fully saturated rings. The normalized spacial score (nSPS) is 14.6. The number of thiazole rings is 1. The summed E-state index contributed by atoms with van der Waals surface area (Å²) in [6, 6.07) is 12.9. The molecule has 1 aliphatic heterocycles. The summed E-state index contributed by atoms with van der Waals surface area (Å²) in [5.74, 6) is 0.499. The number of hydrogen-bond donors (Lipinski definition) is 1. The third kappa shape index (κ3) is 5.12. The Hall–Kier alpha value is -3.66. The van der Waals surface area contributed by atoms with Gasteiger partial charge in [-0.25, -0.2) is 14.4 Å². The first-order valence-electron chi connectivity index (χ1n) is 13.1. The summed E-state index contributed by atoms with van der Waals surface area (Å²) in [4.78, 5) is 29.7. The van der Waals surface area contributed by atoms with E-state index in [0.29, 0.717) is 38.9 Å². The van der Waals surface area contributed by atoms with Crippen LogP contribution in [-0.2, 0) is 7.05 Å². The van der Waals surface area contributed by atoms with Crippen LogP contribution in [0, 0.1) is 12.7 Å². The van der Waals surface area contributed by atoms with E-state index in [1.807, 2.05) is 19.1 Å². The molecule has 7 nitrogen and oxygen atoms in total. The maximum absolute atomic E-state index is 15.1. The van der Waals surface area contributed by atoms with Crippen molar-refractivity contribution in [3.63, 3.8) is 0 Å². The summed E-state index contributed by atoms with van der Waals surface area (Å²) < 4.78 is 16.6. The third-order valence-corrected chi connectivity index (χ3v) is 8.80. The van der Waals surface area contributed by atoms with Crippen LogP contribution in [0.15, 0.2) is 59.7 Å². The van der Waals surface area contributed by atoms with Gasteiger partial charge in [-0.2, -0.15) is 4.98 Å². The number of nitrogens with zero attached hydrogens (tertiary/aromatic N) is 5. The predicted octanol–water partition coefficient (Wildman–Crippen LogP) is 6.77. The van der Waals surface area contributed by atoms with Gasteiger partial charge in [0.25, 0.3) is 5.56 Å². The lowest BCUT2D eigenvalue weighted by Gasteiger charge is -2.29. The molecular weight excluding hydrogens is 547 g/mol. The molecule has 3 aromatic heterocycles. The molecular formula is C30H28ClFN6OS. The van der Waals surface area contributed by atoms with E-state index in [-0.39, 0.29) is 16.1 Å². The predicted molar refractivity (Wildman–Crippen MR) is 160 cm³/mol. The Balaban J connectivity index is 1.28. The summed E-state index contributed by atoms with van der Waals surface area (Å²) in [6.45, 7) is 4.10. The van der Waals surface area contributed by atoms with Crippen LogP contribution in [0.1, 0.15) is 29.3 Å². The van der Waals surface area contributed by atoms with Crippen molar-refractivity contribution >= 4 is 45.6 Å². The molecule has 1 aliphatic rings. The van der Waals surface area contributed by atoms with Gasteiger partial charge in [0, 0.05) is 52.2 Å². The highest BCUT2D eigenvalue weighted by molar-refractivity contribution is 7.15. The van der Waals surface area contributed by atoms with Crippen LogP contribution >= 0.6 is 22.9 Å². The Labute approximate surface area is 240 Å². The smallest absolute Gasteiger partial charge is 0.259 e. The van der Waals surface area contributed by atoms with Crippen molar-refractivity contribution in [2.24, 2.45) is 7.05 Å². The van der Waals surface area contributed by atoms with E-state index in [4.69, 9.17) is 11.6 Å². The molecule has 204 valence electrons.